The quantitative estimate of drug-likeness (QED) is 0.891. The third-order valence-corrected chi connectivity index (χ3v) is 5.41. The molecule has 2 saturated heterocycles. The van der Waals surface area contributed by atoms with Crippen molar-refractivity contribution in [3.05, 3.63) is 34.9 Å². The predicted molar refractivity (Wildman–Crippen MR) is 95.2 cm³/mol. The van der Waals surface area contributed by atoms with Crippen molar-refractivity contribution in [1.29, 1.82) is 0 Å². The molecule has 2 amide bonds. The van der Waals surface area contributed by atoms with Crippen molar-refractivity contribution in [2.45, 2.75) is 51.8 Å². The van der Waals surface area contributed by atoms with E-state index in [9.17, 15) is 4.79 Å². The number of carbonyl (C=O) groups excluding carboxylic acids is 1. The van der Waals surface area contributed by atoms with E-state index in [0.717, 1.165) is 13.2 Å². The first-order chi connectivity index (χ1) is 11.5. The zero-order chi connectivity index (χ0) is 17.1. The van der Waals surface area contributed by atoms with Gasteiger partial charge in [0, 0.05) is 19.1 Å². The van der Waals surface area contributed by atoms with Crippen molar-refractivity contribution in [3.63, 3.8) is 0 Å². The van der Waals surface area contributed by atoms with Crippen LogP contribution in [0.25, 0.3) is 0 Å². The second kappa shape index (κ2) is 7.53. The predicted octanol–water partition coefficient (Wildman–Crippen LogP) is 2.53. The fraction of sp³-hybridized carbons (Fsp3) is 0.632. The Morgan fingerprint density at radius 1 is 1.42 bits per heavy atom. The Labute approximate surface area is 144 Å². The third kappa shape index (κ3) is 3.90. The number of ether oxygens (including phenoxy) is 1. The van der Waals surface area contributed by atoms with Crippen LogP contribution in [0.3, 0.4) is 0 Å². The van der Waals surface area contributed by atoms with Crippen molar-refractivity contribution in [1.82, 2.24) is 15.5 Å². The van der Waals surface area contributed by atoms with Crippen molar-refractivity contribution >= 4 is 6.03 Å². The van der Waals surface area contributed by atoms with E-state index in [4.69, 9.17) is 4.74 Å². The summed E-state index contributed by atoms with van der Waals surface area (Å²) in [5, 5.41) is 6.00. The number of hydrogen-bond donors (Lipinski definition) is 2. The van der Waals surface area contributed by atoms with Crippen molar-refractivity contribution in [2.75, 3.05) is 26.2 Å². The lowest BCUT2D eigenvalue weighted by atomic mass is 9.98. The molecule has 0 aliphatic carbocycles. The largest absolute Gasteiger partial charge is 0.373 e. The van der Waals surface area contributed by atoms with Gasteiger partial charge in [-0.3, -0.25) is 4.90 Å². The summed E-state index contributed by atoms with van der Waals surface area (Å²) in [5.74, 6) is 0. The molecule has 0 radical (unpaired) electrons. The first-order valence-electron chi connectivity index (χ1n) is 9.00. The molecular weight excluding hydrogens is 302 g/mol. The van der Waals surface area contributed by atoms with Crippen LogP contribution in [0.15, 0.2) is 18.2 Å². The number of urea groups is 1. The highest BCUT2D eigenvalue weighted by atomic mass is 16.5. The Balaban J connectivity index is 1.46. The summed E-state index contributed by atoms with van der Waals surface area (Å²) in [7, 11) is 0. The average Bonchev–Trinajstić information content (AvgIpc) is 3.03. The molecule has 2 heterocycles. The van der Waals surface area contributed by atoms with Crippen molar-refractivity contribution in [2.24, 2.45) is 0 Å². The highest BCUT2D eigenvalue weighted by Gasteiger charge is 2.32. The van der Waals surface area contributed by atoms with Crippen molar-refractivity contribution < 1.29 is 9.53 Å². The number of morpholine rings is 1. The fourth-order valence-corrected chi connectivity index (χ4v) is 3.78. The van der Waals surface area contributed by atoms with Gasteiger partial charge in [-0.1, -0.05) is 18.2 Å². The fourth-order valence-electron chi connectivity index (χ4n) is 3.78. The molecule has 2 fully saturated rings. The number of hydrogen-bond acceptors (Lipinski definition) is 3. The van der Waals surface area contributed by atoms with Crippen LogP contribution in [0, 0.1) is 13.8 Å². The van der Waals surface area contributed by atoms with Gasteiger partial charge in [0.15, 0.2) is 0 Å². The Hall–Kier alpha value is -1.59. The molecule has 2 aliphatic heterocycles. The number of rotatable bonds is 4. The summed E-state index contributed by atoms with van der Waals surface area (Å²) >= 11 is 0. The lowest BCUT2D eigenvalue weighted by molar-refractivity contribution is -0.0458. The van der Waals surface area contributed by atoms with Gasteiger partial charge in [-0.15, -0.1) is 0 Å². The molecule has 0 spiro atoms. The molecule has 0 unspecified atom stereocenters. The Kier molecular flexibility index (Phi) is 5.41. The van der Waals surface area contributed by atoms with E-state index in [1.54, 1.807) is 0 Å². The van der Waals surface area contributed by atoms with Gasteiger partial charge in [0.2, 0.25) is 0 Å². The van der Waals surface area contributed by atoms with Gasteiger partial charge >= 0.3 is 6.03 Å². The van der Waals surface area contributed by atoms with Crippen LogP contribution in [-0.2, 0) is 4.74 Å². The van der Waals surface area contributed by atoms with Gasteiger partial charge in [-0.2, -0.15) is 0 Å². The number of benzene rings is 1. The minimum absolute atomic E-state index is 0.0138. The maximum Gasteiger partial charge on any atom is 0.315 e. The first-order valence-corrected chi connectivity index (χ1v) is 9.00. The molecule has 0 saturated carbocycles. The lowest BCUT2D eigenvalue weighted by Gasteiger charge is -2.35. The molecule has 2 aliphatic rings. The van der Waals surface area contributed by atoms with E-state index >= 15 is 0 Å². The molecular formula is C19H29N3O2. The number of carbonyl (C=O) groups is 1. The summed E-state index contributed by atoms with van der Waals surface area (Å²) in [6.45, 7) is 9.67. The van der Waals surface area contributed by atoms with Crippen LogP contribution < -0.4 is 10.6 Å². The van der Waals surface area contributed by atoms with Gasteiger partial charge in [0.25, 0.3) is 0 Å². The SMILES string of the molecule is Cc1cccc([C@H](C)NC(=O)NC[C@@H]2CN3CCC[C@H]3CO2)c1C. The topological polar surface area (TPSA) is 53.6 Å². The number of nitrogens with one attached hydrogen (secondary N) is 2. The minimum atomic E-state index is -0.129. The zero-order valence-electron chi connectivity index (χ0n) is 15.0. The molecule has 1 aromatic carbocycles. The third-order valence-electron chi connectivity index (χ3n) is 5.41. The minimum Gasteiger partial charge on any atom is -0.373 e. The second-order valence-electron chi connectivity index (χ2n) is 7.11. The van der Waals surface area contributed by atoms with Crippen LogP contribution >= 0.6 is 0 Å². The zero-order valence-corrected chi connectivity index (χ0v) is 15.0. The van der Waals surface area contributed by atoms with Crippen LogP contribution in [0.5, 0.6) is 0 Å². The second-order valence-corrected chi connectivity index (χ2v) is 7.11. The van der Waals surface area contributed by atoms with Crippen LogP contribution in [0.2, 0.25) is 0 Å². The number of nitrogens with zero attached hydrogens (tertiary/aromatic N) is 1. The molecule has 132 valence electrons. The molecule has 0 bridgehead atoms. The van der Waals surface area contributed by atoms with Crippen molar-refractivity contribution in [3.8, 4) is 0 Å². The molecule has 3 rings (SSSR count). The summed E-state index contributed by atoms with van der Waals surface area (Å²) in [4.78, 5) is 14.7. The number of aryl methyl sites for hydroxylation is 1. The summed E-state index contributed by atoms with van der Waals surface area (Å²) in [6, 6.07) is 6.66. The van der Waals surface area contributed by atoms with Gasteiger partial charge in [0.05, 0.1) is 18.8 Å². The van der Waals surface area contributed by atoms with Crippen LogP contribution in [-0.4, -0.2) is 49.3 Å². The van der Waals surface area contributed by atoms with E-state index in [2.05, 4.69) is 41.5 Å². The highest BCUT2D eigenvalue weighted by molar-refractivity contribution is 5.74. The van der Waals surface area contributed by atoms with Gasteiger partial charge in [-0.25, -0.2) is 4.79 Å². The molecule has 1 aromatic rings. The molecule has 5 nitrogen and oxygen atoms in total. The maximum absolute atomic E-state index is 12.2. The number of fused-ring (bicyclic) bond motifs is 1. The van der Waals surface area contributed by atoms with Gasteiger partial charge < -0.3 is 15.4 Å². The molecule has 5 heteroatoms. The standard InChI is InChI=1S/C19H29N3O2/c1-13-6-4-8-18(14(13)2)15(3)21-19(23)20-10-17-11-22-9-5-7-16(22)12-24-17/h4,6,8,15-17H,5,7,9-12H2,1-3H3,(H2,20,21,23)/t15-,16-,17+/m0/s1. The van der Waals surface area contributed by atoms with E-state index in [1.807, 2.05) is 13.0 Å². The average molecular weight is 331 g/mol. The number of amides is 2. The first kappa shape index (κ1) is 17.2. The molecule has 24 heavy (non-hydrogen) atoms. The van der Waals surface area contributed by atoms with Gasteiger partial charge in [-0.05, 0) is 56.8 Å². The Morgan fingerprint density at radius 2 is 2.25 bits per heavy atom. The molecule has 2 N–H and O–H groups in total. The van der Waals surface area contributed by atoms with E-state index < -0.39 is 0 Å². The summed E-state index contributed by atoms with van der Waals surface area (Å²) in [5.41, 5.74) is 3.65. The Morgan fingerprint density at radius 3 is 3.08 bits per heavy atom. The lowest BCUT2D eigenvalue weighted by Crippen LogP contribution is -2.51. The maximum atomic E-state index is 12.2. The molecule has 3 atom stereocenters. The monoisotopic (exact) mass is 331 g/mol. The van der Waals surface area contributed by atoms with E-state index in [0.29, 0.717) is 12.6 Å². The van der Waals surface area contributed by atoms with Crippen LogP contribution in [0.1, 0.15) is 42.5 Å². The van der Waals surface area contributed by atoms with E-state index in [-0.39, 0.29) is 18.2 Å². The summed E-state index contributed by atoms with van der Waals surface area (Å²) < 4.78 is 5.88. The van der Waals surface area contributed by atoms with Crippen LogP contribution in [0.4, 0.5) is 4.79 Å². The molecule has 0 aromatic heterocycles. The normalized spacial score (nSPS) is 25.1. The van der Waals surface area contributed by atoms with E-state index in [1.165, 1.54) is 36.1 Å². The Bertz CT molecular complexity index is 590. The van der Waals surface area contributed by atoms with Gasteiger partial charge in [0.1, 0.15) is 0 Å². The highest BCUT2D eigenvalue weighted by Crippen LogP contribution is 2.22. The summed E-state index contributed by atoms with van der Waals surface area (Å²) in [6.07, 6.45) is 2.61. The smallest absolute Gasteiger partial charge is 0.315 e.